The second-order valence-corrected chi connectivity index (χ2v) is 6.14. The highest BCUT2D eigenvalue weighted by molar-refractivity contribution is 6.30. The summed E-state index contributed by atoms with van der Waals surface area (Å²) in [4.78, 5) is 22.9. The molecular formula is C17H15ClN2O3. The standard InChI is InChI=1S/C17H15ClN2O3/c18-13-4-2-12(3-5-13)17(10-1-11-17)16(21)19-14-6-8-15(9-7-14)20(22)23/h2-9H,1,10-11H2,(H,19,21). The van der Waals surface area contributed by atoms with Crippen molar-refractivity contribution >= 4 is 28.9 Å². The number of carbonyl (C=O) groups is 1. The minimum atomic E-state index is -0.535. The minimum Gasteiger partial charge on any atom is -0.325 e. The Kier molecular flexibility index (Phi) is 4.05. The number of nitro groups is 1. The van der Waals surface area contributed by atoms with Crippen molar-refractivity contribution in [1.82, 2.24) is 0 Å². The van der Waals surface area contributed by atoms with Gasteiger partial charge in [0.2, 0.25) is 5.91 Å². The lowest BCUT2D eigenvalue weighted by Crippen LogP contribution is -2.45. The Morgan fingerprint density at radius 3 is 2.17 bits per heavy atom. The van der Waals surface area contributed by atoms with Crippen LogP contribution in [0.3, 0.4) is 0 Å². The summed E-state index contributed by atoms with van der Waals surface area (Å²) in [5, 5.41) is 14.2. The number of hydrogen-bond acceptors (Lipinski definition) is 3. The number of halogens is 1. The SMILES string of the molecule is O=C(Nc1ccc([N+](=O)[O-])cc1)C1(c2ccc(Cl)cc2)CCC1. The molecule has 23 heavy (non-hydrogen) atoms. The van der Waals surface area contributed by atoms with Crippen LogP contribution in [0.4, 0.5) is 11.4 Å². The van der Waals surface area contributed by atoms with Crippen LogP contribution in [0.2, 0.25) is 5.02 Å². The van der Waals surface area contributed by atoms with E-state index in [0.29, 0.717) is 10.7 Å². The highest BCUT2D eigenvalue weighted by atomic mass is 35.5. The molecule has 0 bridgehead atoms. The predicted octanol–water partition coefficient (Wildman–Crippen LogP) is 4.31. The number of hydrogen-bond donors (Lipinski definition) is 1. The maximum absolute atomic E-state index is 12.7. The Morgan fingerprint density at radius 1 is 1.09 bits per heavy atom. The second-order valence-electron chi connectivity index (χ2n) is 5.70. The molecule has 0 atom stereocenters. The zero-order valence-corrected chi connectivity index (χ0v) is 13.0. The van der Waals surface area contributed by atoms with Crippen molar-refractivity contribution < 1.29 is 9.72 Å². The van der Waals surface area contributed by atoms with Gasteiger partial charge in [-0.25, -0.2) is 0 Å². The molecule has 0 unspecified atom stereocenters. The van der Waals surface area contributed by atoms with E-state index in [0.717, 1.165) is 24.8 Å². The zero-order chi connectivity index (χ0) is 16.4. The number of anilines is 1. The van der Waals surface area contributed by atoms with Crippen LogP contribution in [0, 0.1) is 10.1 Å². The summed E-state index contributed by atoms with van der Waals surface area (Å²) in [5.74, 6) is -0.0834. The van der Waals surface area contributed by atoms with E-state index >= 15 is 0 Å². The van der Waals surface area contributed by atoms with Crippen molar-refractivity contribution in [2.45, 2.75) is 24.7 Å². The molecule has 1 aliphatic rings. The molecule has 0 aromatic heterocycles. The van der Waals surface area contributed by atoms with Gasteiger partial charge in [-0.05, 0) is 42.7 Å². The average Bonchev–Trinajstić information content (AvgIpc) is 2.48. The van der Waals surface area contributed by atoms with Gasteiger partial charge in [-0.3, -0.25) is 14.9 Å². The second kappa shape index (κ2) is 6.01. The van der Waals surface area contributed by atoms with Gasteiger partial charge in [-0.1, -0.05) is 30.2 Å². The predicted molar refractivity (Wildman–Crippen MR) is 88.7 cm³/mol. The van der Waals surface area contributed by atoms with Crippen LogP contribution >= 0.6 is 11.6 Å². The number of carbonyl (C=O) groups excluding carboxylic acids is 1. The molecule has 0 heterocycles. The maximum atomic E-state index is 12.7. The van der Waals surface area contributed by atoms with Crippen LogP contribution in [0.25, 0.3) is 0 Å². The van der Waals surface area contributed by atoms with Crippen LogP contribution < -0.4 is 5.32 Å². The third kappa shape index (κ3) is 2.92. The van der Waals surface area contributed by atoms with E-state index in [1.807, 2.05) is 12.1 Å². The topological polar surface area (TPSA) is 72.2 Å². The van der Waals surface area contributed by atoms with E-state index in [9.17, 15) is 14.9 Å². The van der Waals surface area contributed by atoms with Crippen LogP contribution in [-0.4, -0.2) is 10.8 Å². The Morgan fingerprint density at radius 2 is 1.70 bits per heavy atom. The summed E-state index contributed by atoms with van der Waals surface area (Å²) in [6, 6.07) is 13.2. The molecule has 5 nitrogen and oxygen atoms in total. The maximum Gasteiger partial charge on any atom is 0.269 e. The monoisotopic (exact) mass is 330 g/mol. The lowest BCUT2D eigenvalue weighted by atomic mass is 9.64. The van der Waals surface area contributed by atoms with Gasteiger partial charge in [0.25, 0.3) is 5.69 Å². The van der Waals surface area contributed by atoms with Gasteiger partial charge in [-0.2, -0.15) is 0 Å². The van der Waals surface area contributed by atoms with Gasteiger partial charge in [0.1, 0.15) is 0 Å². The number of rotatable bonds is 4. The van der Waals surface area contributed by atoms with Crippen molar-refractivity contribution in [3.05, 3.63) is 69.2 Å². The molecule has 1 saturated carbocycles. The summed E-state index contributed by atoms with van der Waals surface area (Å²) in [5.41, 5.74) is 0.972. The highest BCUT2D eigenvalue weighted by Crippen LogP contribution is 2.44. The van der Waals surface area contributed by atoms with Gasteiger partial charge in [0.05, 0.1) is 10.3 Å². The van der Waals surface area contributed by atoms with Gasteiger partial charge >= 0.3 is 0 Å². The first-order chi connectivity index (χ1) is 11.0. The molecule has 3 rings (SSSR count). The van der Waals surface area contributed by atoms with E-state index in [1.54, 1.807) is 24.3 Å². The van der Waals surface area contributed by atoms with Crippen LogP contribution in [-0.2, 0) is 10.2 Å². The number of benzene rings is 2. The number of nitrogens with one attached hydrogen (secondary N) is 1. The molecular weight excluding hydrogens is 316 g/mol. The highest BCUT2D eigenvalue weighted by Gasteiger charge is 2.45. The molecule has 2 aromatic rings. The Labute approximate surface area is 138 Å². The first-order valence-corrected chi connectivity index (χ1v) is 7.71. The van der Waals surface area contributed by atoms with Crippen molar-refractivity contribution in [2.75, 3.05) is 5.32 Å². The molecule has 6 heteroatoms. The summed E-state index contributed by atoms with van der Waals surface area (Å²) >= 11 is 5.92. The molecule has 1 amide bonds. The summed E-state index contributed by atoms with van der Waals surface area (Å²) < 4.78 is 0. The fourth-order valence-corrected chi connectivity index (χ4v) is 2.99. The molecule has 0 spiro atoms. The fourth-order valence-electron chi connectivity index (χ4n) is 2.86. The summed E-state index contributed by atoms with van der Waals surface area (Å²) in [7, 11) is 0. The molecule has 0 aliphatic heterocycles. The number of amides is 1. The molecule has 1 N–H and O–H groups in total. The molecule has 0 radical (unpaired) electrons. The van der Waals surface area contributed by atoms with Crippen LogP contribution in [0.1, 0.15) is 24.8 Å². The van der Waals surface area contributed by atoms with E-state index < -0.39 is 10.3 Å². The Bertz CT molecular complexity index is 737. The smallest absolute Gasteiger partial charge is 0.269 e. The lowest BCUT2D eigenvalue weighted by Gasteiger charge is -2.40. The zero-order valence-electron chi connectivity index (χ0n) is 12.3. The minimum absolute atomic E-state index is 0.000873. The molecule has 0 saturated heterocycles. The van der Waals surface area contributed by atoms with Crippen LogP contribution in [0.15, 0.2) is 48.5 Å². The molecule has 2 aromatic carbocycles. The number of non-ortho nitro benzene ring substituents is 1. The van der Waals surface area contributed by atoms with E-state index in [4.69, 9.17) is 11.6 Å². The van der Waals surface area contributed by atoms with E-state index in [2.05, 4.69) is 5.32 Å². The number of nitro benzene ring substituents is 1. The molecule has 118 valence electrons. The molecule has 1 fully saturated rings. The first-order valence-electron chi connectivity index (χ1n) is 7.33. The Hall–Kier alpha value is -2.40. The lowest BCUT2D eigenvalue weighted by molar-refractivity contribution is -0.384. The van der Waals surface area contributed by atoms with Crippen molar-refractivity contribution in [3.63, 3.8) is 0 Å². The van der Waals surface area contributed by atoms with Gasteiger partial charge in [-0.15, -0.1) is 0 Å². The fraction of sp³-hybridized carbons (Fsp3) is 0.235. The van der Waals surface area contributed by atoms with E-state index in [1.165, 1.54) is 12.1 Å². The average molecular weight is 331 g/mol. The quantitative estimate of drug-likeness (QED) is 0.670. The van der Waals surface area contributed by atoms with Gasteiger partial charge in [0, 0.05) is 22.8 Å². The van der Waals surface area contributed by atoms with Crippen LogP contribution in [0.5, 0.6) is 0 Å². The van der Waals surface area contributed by atoms with Crippen molar-refractivity contribution in [1.29, 1.82) is 0 Å². The molecule has 1 aliphatic carbocycles. The van der Waals surface area contributed by atoms with Crippen molar-refractivity contribution in [3.8, 4) is 0 Å². The first kappa shape index (κ1) is 15.5. The third-order valence-electron chi connectivity index (χ3n) is 4.37. The normalized spacial score (nSPS) is 15.5. The van der Waals surface area contributed by atoms with Gasteiger partial charge in [0.15, 0.2) is 0 Å². The van der Waals surface area contributed by atoms with Gasteiger partial charge < -0.3 is 5.32 Å². The summed E-state index contributed by atoms with van der Waals surface area (Å²) in [6.07, 6.45) is 2.57. The third-order valence-corrected chi connectivity index (χ3v) is 4.63. The largest absolute Gasteiger partial charge is 0.325 e. The Balaban J connectivity index is 1.80. The van der Waals surface area contributed by atoms with Crippen molar-refractivity contribution in [2.24, 2.45) is 0 Å². The van der Waals surface area contributed by atoms with E-state index in [-0.39, 0.29) is 11.6 Å². The number of nitrogens with zero attached hydrogens (tertiary/aromatic N) is 1. The summed E-state index contributed by atoms with van der Waals surface area (Å²) in [6.45, 7) is 0.